The molecule has 5 rings (SSSR count). The van der Waals surface area contributed by atoms with Crippen molar-refractivity contribution in [1.29, 1.82) is 0 Å². The lowest BCUT2D eigenvalue weighted by Gasteiger charge is -2.07. The molecule has 1 aliphatic carbocycles. The molecule has 9 heteroatoms. The molecule has 1 saturated carbocycles. The minimum Gasteiger partial charge on any atom is -0.339 e. The van der Waals surface area contributed by atoms with E-state index in [1.165, 1.54) is 6.07 Å². The molecule has 1 amide bonds. The van der Waals surface area contributed by atoms with E-state index in [2.05, 4.69) is 20.6 Å². The summed E-state index contributed by atoms with van der Waals surface area (Å²) >= 11 is 0. The molecule has 32 heavy (non-hydrogen) atoms. The highest BCUT2D eigenvalue weighted by atomic mass is 19.1. The molecule has 0 radical (unpaired) electrons. The summed E-state index contributed by atoms with van der Waals surface area (Å²) in [7, 11) is 0. The van der Waals surface area contributed by atoms with Gasteiger partial charge in [0.25, 0.3) is 5.91 Å². The number of anilines is 1. The minimum absolute atomic E-state index is 0.106. The van der Waals surface area contributed by atoms with Crippen LogP contribution in [0.4, 0.5) is 14.5 Å². The Morgan fingerprint density at radius 1 is 1.16 bits per heavy atom. The average Bonchev–Trinajstić information content (AvgIpc) is 3.36. The number of aromatic nitrogens is 4. The van der Waals surface area contributed by atoms with Gasteiger partial charge in [0.1, 0.15) is 11.6 Å². The van der Waals surface area contributed by atoms with Gasteiger partial charge in [0, 0.05) is 23.7 Å². The SMILES string of the molecule is Cc1ccc(-c2noc(C3CC3)n2)cc1-n1cc(C(=O)Nc2ccc(F)cc2F)c(C)n1. The van der Waals surface area contributed by atoms with E-state index in [1.54, 1.807) is 17.8 Å². The van der Waals surface area contributed by atoms with Crippen molar-refractivity contribution in [2.45, 2.75) is 32.6 Å². The van der Waals surface area contributed by atoms with Gasteiger partial charge in [0.15, 0.2) is 0 Å². The van der Waals surface area contributed by atoms with Crippen LogP contribution in [-0.4, -0.2) is 25.8 Å². The molecular weight excluding hydrogens is 416 g/mol. The van der Waals surface area contributed by atoms with Gasteiger partial charge in [-0.15, -0.1) is 0 Å². The summed E-state index contributed by atoms with van der Waals surface area (Å²) in [6.07, 6.45) is 3.71. The maximum absolute atomic E-state index is 13.9. The topological polar surface area (TPSA) is 85.8 Å². The highest BCUT2D eigenvalue weighted by Crippen LogP contribution is 2.39. The lowest BCUT2D eigenvalue weighted by atomic mass is 10.1. The van der Waals surface area contributed by atoms with E-state index < -0.39 is 17.5 Å². The molecule has 0 unspecified atom stereocenters. The second kappa shape index (κ2) is 7.67. The van der Waals surface area contributed by atoms with Gasteiger partial charge in [0.2, 0.25) is 11.7 Å². The van der Waals surface area contributed by atoms with Crippen LogP contribution >= 0.6 is 0 Å². The molecule has 0 atom stereocenters. The van der Waals surface area contributed by atoms with Crippen LogP contribution < -0.4 is 5.32 Å². The summed E-state index contributed by atoms with van der Waals surface area (Å²) < 4.78 is 34.0. The Kier molecular flexibility index (Phi) is 4.80. The van der Waals surface area contributed by atoms with Gasteiger partial charge in [-0.05, 0) is 50.5 Å². The van der Waals surface area contributed by atoms with E-state index in [0.29, 0.717) is 29.4 Å². The highest BCUT2D eigenvalue weighted by Gasteiger charge is 2.30. The molecule has 0 bridgehead atoms. The lowest BCUT2D eigenvalue weighted by molar-refractivity contribution is 0.102. The number of hydrogen-bond donors (Lipinski definition) is 1. The summed E-state index contributed by atoms with van der Waals surface area (Å²) in [5.41, 5.74) is 3.08. The number of carbonyl (C=O) groups excluding carboxylic acids is 1. The van der Waals surface area contributed by atoms with E-state index in [-0.39, 0.29) is 11.3 Å². The monoisotopic (exact) mass is 435 g/mol. The molecular formula is C23H19F2N5O2. The van der Waals surface area contributed by atoms with E-state index in [4.69, 9.17) is 4.52 Å². The summed E-state index contributed by atoms with van der Waals surface area (Å²) in [5, 5.41) is 11.0. The summed E-state index contributed by atoms with van der Waals surface area (Å²) in [5.74, 6) is -0.587. The number of hydrogen-bond acceptors (Lipinski definition) is 5. The largest absolute Gasteiger partial charge is 0.339 e. The van der Waals surface area contributed by atoms with Crippen LogP contribution in [0.15, 0.2) is 47.1 Å². The average molecular weight is 435 g/mol. The first-order valence-corrected chi connectivity index (χ1v) is 10.2. The van der Waals surface area contributed by atoms with Gasteiger partial charge in [-0.1, -0.05) is 17.3 Å². The van der Waals surface area contributed by atoms with Crippen molar-refractivity contribution < 1.29 is 18.1 Å². The Labute approximate surface area is 182 Å². The summed E-state index contributed by atoms with van der Waals surface area (Å²) in [4.78, 5) is 17.2. The number of aryl methyl sites for hydroxylation is 2. The van der Waals surface area contributed by atoms with E-state index in [0.717, 1.165) is 35.7 Å². The van der Waals surface area contributed by atoms with Gasteiger partial charge in [0.05, 0.1) is 22.6 Å². The Morgan fingerprint density at radius 3 is 2.72 bits per heavy atom. The molecule has 2 aromatic heterocycles. The molecule has 0 saturated heterocycles. The van der Waals surface area contributed by atoms with Gasteiger partial charge in [-0.3, -0.25) is 4.79 Å². The maximum atomic E-state index is 13.9. The van der Waals surface area contributed by atoms with Gasteiger partial charge in [-0.2, -0.15) is 10.1 Å². The Morgan fingerprint density at radius 2 is 1.97 bits per heavy atom. The van der Waals surface area contributed by atoms with E-state index in [1.807, 2.05) is 25.1 Å². The van der Waals surface area contributed by atoms with E-state index in [9.17, 15) is 13.6 Å². The quantitative estimate of drug-likeness (QED) is 0.480. The van der Waals surface area contributed by atoms with Gasteiger partial charge in [-0.25, -0.2) is 13.5 Å². The molecule has 1 aliphatic rings. The number of carbonyl (C=O) groups is 1. The zero-order chi connectivity index (χ0) is 22.4. The van der Waals surface area contributed by atoms with Crippen LogP contribution in [0.3, 0.4) is 0 Å². The second-order valence-corrected chi connectivity index (χ2v) is 7.88. The lowest BCUT2D eigenvalue weighted by Crippen LogP contribution is -2.13. The van der Waals surface area contributed by atoms with Crippen molar-refractivity contribution >= 4 is 11.6 Å². The predicted molar refractivity (Wildman–Crippen MR) is 113 cm³/mol. The van der Waals surface area contributed by atoms with Crippen molar-refractivity contribution in [3.63, 3.8) is 0 Å². The zero-order valence-corrected chi connectivity index (χ0v) is 17.4. The maximum Gasteiger partial charge on any atom is 0.259 e. The molecule has 162 valence electrons. The van der Waals surface area contributed by atoms with Crippen LogP contribution in [0.1, 0.15) is 46.3 Å². The zero-order valence-electron chi connectivity index (χ0n) is 17.4. The molecule has 0 spiro atoms. The molecule has 1 fully saturated rings. The fourth-order valence-corrected chi connectivity index (χ4v) is 3.43. The number of rotatable bonds is 5. The number of amides is 1. The molecule has 0 aliphatic heterocycles. The highest BCUT2D eigenvalue weighted by molar-refractivity contribution is 6.05. The van der Waals surface area contributed by atoms with Crippen LogP contribution in [0.25, 0.3) is 17.1 Å². The van der Waals surface area contributed by atoms with Crippen LogP contribution in [-0.2, 0) is 0 Å². The molecule has 1 N–H and O–H groups in total. The van der Waals surface area contributed by atoms with Crippen molar-refractivity contribution in [1.82, 2.24) is 19.9 Å². The normalized spacial score (nSPS) is 13.4. The number of halogens is 2. The third kappa shape index (κ3) is 3.77. The third-order valence-corrected chi connectivity index (χ3v) is 5.41. The smallest absolute Gasteiger partial charge is 0.259 e. The number of nitrogens with one attached hydrogen (secondary N) is 1. The second-order valence-electron chi connectivity index (χ2n) is 7.88. The summed E-state index contributed by atoms with van der Waals surface area (Å²) in [6, 6.07) is 8.68. The minimum atomic E-state index is -0.849. The first kappa shape index (κ1) is 20.0. The Hall–Kier alpha value is -3.88. The molecule has 7 nitrogen and oxygen atoms in total. The van der Waals surface area contributed by atoms with E-state index >= 15 is 0 Å². The summed E-state index contributed by atoms with van der Waals surface area (Å²) in [6.45, 7) is 3.61. The van der Waals surface area contributed by atoms with Crippen molar-refractivity contribution in [2.75, 3.05) is 5.32 Å². The van der Waals surface area contributed by atoms with Crippen molar-refractivity contribution in [3.8, 4) is 17.1 Å². The van der Waals surface area contributed by atoms with Crippen molar-refractivity contribution in [3.05, 3.63) is 76.9 Å². The number of benzene rings is 2. The first-order chi connectivity index (χ1) is 15.4. The standard InChI is InChI=1S/C23H19F2N5O2/c1-12-3-4-15(21-27-23(32-29-21)14-5-6-14)9-20(12)30-11-17(13(2)28-30)22(31)26-19-8-7-16(24)10-18(19)25/h3-4,7-11,14H,5-6H2,1-2H3,(H,26,31). The van der Waals surface area contributed by atoms with Crippen LogP contribution in [0, 0.1) is 25.5 Å². The van der Waals surface area contributed by atoms with Crippen LogP contribution in [0.2, 0.25) is 0 Å². The predicted octanol–water partition coefficient (Wildman–Crippen LogP) is 4.95. The molecule has 4 aromatic rings. The fourth-order valence-electron chi connectivity index (χ4n) is 3.43. The molecule has 2 heterocycles. The van der Waals surface area contributed by atoms with Crippen molar-refractivity contribution in [2.24, 2.45) is 0 Å². The van der Waals surface area contributed by atoms with Crippen LogP contribution in [0.5, 0.6) is 0 Å². The molecule has 2 aromatic carbocycles. The first-order valence-electron chi connectivity index (χ1n) is 10.2. The third-order valence-electron chi connectivity index (χ3n) is 5.41. The Balaban J connectivity index is 1.44. The van der Waals surface area contributed by atoms with Gasteiger partial charge < -0.3 is 9.84 Å². The number of nitrogens with zero attached hydrogens (tertiary/aromatic N) is 4. The Bertz CT molecular complexity index is 1340. The van der Waals surface area contributed by atoms with Gasteiger partial charge >= 0.3 is 0 Å². The fraction of sp³-hybridized carbons (Fsp3) is 0.217.